The molecule has 2 atom stereocenters. The van der Waals surface area contributed by atoms with Gasteiger partial charge in [0.25, 0.3) is 5.91 Å². The Bertz CT molecular complexity index is 1180. The molecule has 11 heteroatoms. The zero-order valence-electron chi connectivity index (χ0n) is 24.2. The highest BCUT2D eigenvalue weighted by atomic mass is 16.5. The maximum atomic E-state index is 13.8. The fraction of sp³-hybridized carbons (Fsp3) is 0.621. The van der Waals surface area contributed by atoms with Crippen molar-refractivity contribution in [3.05, 3.63) is 41.5 Å². The third kappa shape index (κ3) is 7.18. The molecule has 0 radical (unpaired) electrons. The quantitative estimate of drug-likeness (QED) is 0.484. The second-order valence-corrected chi connectivity index (χ2v) is 12.0. The van der Waals surface area contributed by atoms with Gasteiger partial charge in [0.1, 0.15) is 17.8 Å². The van der Waals surface area contributed by atoms with Gasteiger partial charge < -0.3 is 29.7 Å². The maximum absolute atomic E-state index is 13.8. The Morgan fingerprint density at radius 2 is 1.88 bits per heavy atom. The summed E-state index contributed by atoms with van der Waals surface area (Å²) in [5.41, 5.74) is 0.0174. The molecule has 2 aromatic rings. The summed E-state index contributed by atoms with van der Waals surface area (Å²) in [4.78, 5) is 48.5. The number of amides is 3. The van der Waals surface area contributed by atoms with Gasteiger partial charge in [-0.3, -0.25) is 14.4 Å². The Morgan fingerprint density at radius 3 is 2.55 bits per heavy atom. The molecule has 2 N–H and O–H groups in total. The maximum Gasteiger partial charge on any atom is 0.255 e. The van der Waals surface area contributed by atoms with Crippen LogP contribution in [-0.4, -0.2) is 82.5 Å². The van der Waals surface area contributed by atoms with Crippen molar-refractivity contribution >= 4 is 17.7 Å². The average molecular weight is 555 g/mol. The minimum atomic E-state index is -0.761. The van der Waals surface area contributed by atoms with Gasteiger partial charge in [-0.05, 0) is 37.3 Å². The average Bonchev–Trinajstić information content (AvgIpc) is 3.61. The molecule has 11 nitrogen and oxygen atoms in total. The molecule has 1 aromatic heterocycles. The first kappa shape index (κ1) is 29.5. The molecular weight excluding hydrogens is 512 g/mol. The van der Waals surface area contributed by atoms with Crippen LogP contribution in [0.15, 0.2) is 28.8 Å². The molecule has 2 fully saturated rings. The zero-order valence-corrected chi connectivity index (χ0v) is 24.2. The van der Waals surface area contributed by atoms with Crippen LogP contribution in [0.3, 0.4) is 0 Å². The van der Waals surface area contributed by atoms with E-state index < -0.39 is 18.0 Å². The van der Waals surface area contributed by atoms with Gasteiger partial charge >= 0.3 is 0 Å². The van der Waals surface area contributed by atoms with Crippen molar-refractivity contribution in [2.45, 2.75) is 78.0 Å². The highest BCUT2D eigenvalue weighted by Gasteiger charge is 2.40. The van der Waals surface area contributed by atoms with Gasteiger partial charge in [-0.25, -0.2) is 0 Å². The zero-order chi connectivity index (χ0) is 28.9. The Kier molecular flexibility index (Phi) is 9.44. The highest BCUT2D eigenvalue weighted by molar-refractivity contribution is 6.00. The third-order valence-electron chi connectivity index (χ3n) is 7.16. The van der Waals surface area contributed by atoms with Crippen LogP contribution < -0.4 is 15.4 Å². The lowest BCUT2D eigenvalue weighted by Gasteiger charge is -2.34. The predicted octanol–water partition coefficient (Wildman–Crippen LogP) is 2.51. The lowest BCUT2D eigenvalue weighted by molar-refractivity contribution is -0.145. The number of likely N-dealkylation sites (tertiary alicyclic amines) is 1. The van der Waals surface area contributed by atoms with E-state index in [1.807, 2.05) is 39.5 Å². The standard InChI is InChI=1S/C29H42N6O5/c1-19(2)17-21(26(37)35-14-8-10-22(35)27(38)34-15-12-30-13-16-34)31-25(36)20-9-6-7-11-23(20)39-18-24-32-28(40-33-24)29(3,4)5/h6-7,9,11,19,21-22,30H,8,10,12-18H2,1-5H3,(H,31,36)/t21-,22-/m1/s1. The lowest BCUT2D eigenvalue weighted by Crippen LogP contribution is -2.56. The summed E-state index contributed by atoms with van der Waals surface area (Å²) in [5, 5.41) is 10.2. The first-order valence-corrected chi connectivity index (χ1v) is 14.2. The molecule has 0 saturated carbocycles. The van der Waals surface area contributed by atoms with Gasteiger partial charge in [-0.15, -0.1) is 0 Å². The van der Waals surface area contributed by atoms with Crippen molar-refractivity contribution in [2.24, 2.45) is 5.92 Å². The largest absolute Gasteiger partial charge is 0.485 e. The SMILES string of the molecule is CC(C)C[C@@H](NC(=O)c1ccccc1OCc1noc(C(C)(C)C)n1)C(=O)N1CCC[C@@H]1C(=O)N1CCNCC1. The molecule has 0 bridgehead atoms. The fourth-order valence-electron chi connectivity index (χ4n) is 5.05. The van der Waals surface area contributed by atoms with E-state index in [4.69, 9.17) is 9.26 Å². The second kappa shape index (κ2) is 12.8. The van der Waals surface area contributed by atoms with E-state index in [1.54, 1.807) is 29.2 Å². The molecule has 0 spiro atoms. The van der Waals surface area contributed by atoms with Gasteiger partial charge in [0.05, 0.1) is 5.56 Å². The Hall–Kier alpha value is -3.47. The number of ether oxygens (including phenoxy) is 1. The molecule has 2 saturated heterocycles. The predicted molar refractivity (Wildman–Crippen MR) is 149 cm³/mol. The summed E-state index contributed by atoms with van der Waals surface area (Å²) in [6.07, 6.45) is 1.86. The van der Waals surface area contributed by atoms with Crippen LogP contribution in [-0.2, 0) is 21.6 Å². The number of para-hydroxylation sites is 1. The molecule has 40 heavy (non-hydrogen) atoms. The number of piperazine rings is 1. The van der Waals surface area contributed by atoms with Gasteiger partial charge in [0.2, 0.25) is 23.5 Å². The topological polar surface area (TPSA) is 130 Å². The minimum Gasteiger partial charge on any atom is -0.485 e. The Balaban J connectivity index is 1.46. The van der Waals surface area contributed by atoms with Crippen LogP contribution in [0.25, 0.3) is 0 Å². The number of aromatic nitrogens is 2. The van der Waals surface area contributed by atoms with Crippen LogP contribution in [0.1, 0.15) is 76.0 Å². The summed E-state index contributed by atoms with van der Waals surface area (Å²) in [6.45, 7) is 13.3. The summed E-state index contributed by atoms with van der Waals surface area (Å²) in [6, 6.07) is 5.63. The van der Waals surface area contributed by atoms with Crippen molar-refractivity contribution in [1.82, 2.24) is 30.6 Å². The molecule has 2 aliphatic rings. The summed E-state index contributed by atoms with van der Waals surface area (Å²) < 4.78 is 11.2. The van der Waals surface area contributed by atoms with Crippen LogP contribution in [0.4, 0.5) is 0 Å². The number of carbonyl (C=O) groups is 3. The van der Waals surface area contributed by atoms with Crippen molar-refractivity contribution in [1.29, 1.82) is 0 Å². The van der Waals surface area contributed by atoms with E-state index in [1.165, 1.54) is 0 Å². The van der Waals surface area contributed by atoms with Crippen molar-refractivity contribution in [2.75, 3.05) is 32.7 Å². The van der Waals surface area contributed by atoms with Gasteiger partial charge in [-0.1, -0.05) is 51.9 Å². The van der Waals surface area contributed by atoms with Crippen molar-refractivity contribution in [3.8, 4) is 5.75 Å². The number of rotatable bonds is 9. The lowest BCUT2D eigenvalue weighted by atomic mass is 9.97. The van der Waals surface area contributed by atoms with E-state index in [0.717, 1.165) is 19.5 Å². The molecule has 4 rings (SSSR count). The molecule has 3 amide bonds. The van der Waals surface area contributed by atoms with Crippen LogP contribution in [0.5, 0.6) is 5.75 Å². The second-order valence-electron chi connectivity index (χ2n) is 12.0. The van der Waals surface area contributed by atoms with E-state index in [0.29, 0.717) is 55.5 Å². The Morgan fingerprint density at radius 1 is 1.15 bits per heavy atom. The smallest absolute Gasteiger partial charge is 0.255 e. The summed E-state index contributed by atoms with van der Waals surface area (Å²) in [5.74, 6) is 0.753. The summed E-state index contributed by atoms with van der Waals surface area (Å²) >= 11 is 0. The number of hydrogen-bond acceptors (Lipinski definition) is 8. The van der Waals surface area contributed by atoms with E-state index >= 15 is 0 Å². The number of nitrogens with one attached hydrogen (secondary N) is 2. The number of hydrogen-bond donors (Lipinski definition) is 2. The normalized spacial score (nSPS) is 18.6. The third-order valence-corrected chi connectivity index (χ3v) is 7.16. The highest BCUT2D eigenvalue weighted by Crippen LogP contribution is 2.25. The summed E-state index contributed by atoms with van der Waals surface area (Å²) in [7, 11) is 0. The van der Waals surface area contributed by atoms with Crippen LogP contribution in [0.2, 0.25) is 0 Å². The first-order chi connectivity index (χ1) is 19.0. The number of carbonyl (C=O) groups excluding carboxylic acids is 3. The molecule has 0 unspecified atom stereocenters. The van der Waals surface area contributed by atoms with Crippen molar-refractivity contribution in [3.63, 3.8) is 0 Å². The molecule has 3 heterocycles. The van der Waals surface area contributed by atoms with Gasteiger partial charge in [0.15, 0.2) is 6.61 Å². The fourth-order valence-corrected chi connectivity index (χ4v) is 5.05. The van der Waals surface area contributed by atoms with E-state index in [2.05, 4.69) is 20.8 Å². The minimum absolute atomic E-state index is 0.00296. The Labute approximate surface area is 236 Å². The van der Waals surface area contributed by atoms with Crippen LogP contribution >= 0.6 is 0 Å². The number of benzene rings is 1. The molecular formula is C29H42N6O5. The van der Waals surface area contributed by atoms with Gasteiger partial charge in [0, 0.05) is 38.1 Å². The van der Waals surface area contributed by atoms with Crippen LogP contribution in [0, 0.1) is 5.92 Å². The van der Waals surface area contributed by atoms with E-state index in [-0.39, 0.29) is 29.8 Å². The van der Waals surface area contributed by atoms with Crippen molar-refractivity contribution < 1.29 is 23.6 Å². The molecule has 218 valence electrons. The molecule has 2 aliphatic heterocycles. The monoisotopic (exact) mass is 554 g/mol. The molecule has 0 aliphatic carbocycles. The van der Waals surface area contributed by atoms with Gasteiger partial charge in [-0.2, -0.15) is 4.98 Å². The number of nitrogens with zero attached hydrogens (tertiary/aromatic N) is 4. The molecule has 1 aromatic carbocycles. The first-order valence-electron chi connectivity index (χ1n) is 14.2. The van der Waals surface area contributed by atoms with E-state index in [9.17, 15) is 14.4 Å².